The van der Waals surface area contributed by atoms with Crippen LogP contribution in [0, 0.1) is 0 Å². The summed E-state index contributed by atoms with van der Waals surface area (Å²) in [7, 11) is -3.71. The molecule has 0 saturated heterocycles. The maximum absolute atomic E-state index is 12.6. The molecule has 4 N–H and O–H groups in total. The highest BCUT2D eigenvalue weighted by Crippen LogP contribution is 2.17. The quantitative estimate of drug-likeness (QED) is 0.593. The van der Waals surface area contributed by atoms with Crippen molar-refractivity contribution in [3.8, 4) is 0 Å². The fourth-order valence-electron chi connectivity index (χ4n) is 2.38. The molecule has 3 aromatic rings. The number of hydrogen-bond donors (Lipinski definition) is 3. The SMILES string of the molecule is N[C@@H](Cc1cccc(CS(=O)(=O)c2nc3ccccc3[nH]2)n1)C(=O)O. The van der Waals surface area contributed by atoms with Crippen molar-refractivity contribution in [1.29, 1.82) is 0 Å². The molecule has 0 saturated carbocycles. The van der Waals surface area contributed by atoms with Gasteiger partial charge in [0.05, 0.1) is 16.7 Å². The molecule has 130 valence electrons. The number of aromatic amines is 1. The van der Waals surface area contributed by atoms with E-state index in [1.54, 1.807) is 42.5 Å². The number of carboxylic acid groups (broad SMARTS) is 1. The Balaban J connectivity index is 1.84. The summed E-state index contributed by atoms with van der Waals surface area (Å²) in [6.45, 7) is 0. The Bertz CT molecular complexity index is 996. The number of carboxylic acids is 1. The van der Waals surface area contributed by atoms with Crippen LogP contribution in [-0.4, -0.2) is 40.5 Å². The molecule has 0 fully saturated rings. The van der Waals surface area contributed by atoms with Gasteiger partial charge in [0.2, 0.25) is 15.0 Å². The van der Waals surface area contributed by atoms with E-state index in [1.165, 1.54) is 0 Å². The van der Waals surface area contributed by atoms with Crippen LogP contribution in [-0.2, 0) is 26.8 Å². The lowest BCUT2D eigenvalue weighted by molar-refractivity contribution is -0.138. The lowest BCUT2D eigenvalue weighted by Gasteiger charge is -2.07. The van der Waals surface area contributed by atoms with E-state index in [0.29, 0.717) is 22.4 Å². The van der Waals surface area contributed by atoms with Crippen LogP contribution in [0.2, 0.25) is 0 Å². The minimum absolute atomic E-state index is 0.0217. The molecule has 0 bridgehead atoms. The second-order valence-electron chi connectivity index (χ2n) is 5.59. The van der Waals surface area contributed by atoms with Crippen LogP contribution < -0.4 is 5.73 Å². The standard InChI is InChI=1S/C16H16N4O4S/c17-12(15(21)22)8-10-4-3-5-11(18-10)9-25(23,24)16-19-13-6-1-2-7-14(13)20-16/h1-7,12H,8-9,17H2,(H,19,20)(H,21,22)/t12-/m0/s1. The van der Waals surface area contributed by atoms with E-state index >= 15 is 0 Å². The van der Waals surface area contributed by atoms with E-state index < -0.39 is 21.8 Å². The maximum Gasteiger partial charge on any atom is 0.320 e. The number of hydrogen-bond acceptors (Lipinski definition) is 6. The molecule has 1 aromatic carbocycles. The monoisotopic (exact) mass is 360 g/mol. The van der Waals surface area contributed by atoms with Gasteiger partial charge in [-0.15, -0.1) is 0 Å². The number of aliphatic carboxylic acids is 1. The molecule has 0 unspecified atom stereocenters. The van der Waals surface area contributed by atoms with Crippen molar-refractivity contribution in [2.75, 3.05) is 0 Å². The lowest BCUT2D eigenvalue weighted by Crippen LogP contribution is -2.32. The molecule has 0 amide bonds. The number of benzene rings is 1. The number of aromatic nitrogens is 3. The Morgan fingerprint density at radius 1 is 1.12 bits per heavy atom. The van der Waals surface area contributed by atoms with Gasteiger partial charge in [-0.3, -0.25) is 9.78 Å². The van der Waals surface area contributed by atoms with Gasteiger partial charge in [0.15, 0.2) is 0 Å². The lowest BCUT2D eigenvalue weighted by atomic mass is 10.1. The topological polar surface area (TPSA) is 139 Å². The van der Waals surface area contributed by atoms with Crippen LogP contribution in [0.15, 0.2) is 47.6 Å². The molecule has 0 radical (unpaired) electrons. The van der Waals surface area contributed by atoms with Gasteiger partial charge >= 0.3 is 5.97 Å². The van der Waals surface area contributed by atoms with Crippen LogP contribution in [0.5, 0.6) is 0 Å². The van der Waals surface area contributed by atoms with E-state index in [4.69, 9.17) is 10.8 Å². The summed E-state index contributed by atoms with van der Waals surface area (Å²) in [6, 6.07) is 10.7. The first-order valence-corrected chi connectivity index (χ1v) is 9.11. The van der Waals surface area contributed by atoms with E-state index in [9.17, 15) is 13.2 Å². The van der Waals surface area contributed by atoms with Crippen molar-refractivity contribution in [1.82, 2.24) is 15.0 Å². The van der Waals surface area contributed by atoms with Gasteiger partial charge in [-0.05, 0) is 24.3 Å². The predicted octanol–water partition coefficient (Wildman–Crippen LogP) is 0.886. The number of fused-ring (bicyclic) bond motifs is 1. The van der Waals surface area contributed by atoms with E-state index in [2.05, 4.69) is 15.0 Å². The fourth-order valence-corrected chi connectivity index (χ4v) is 3.57. The van der Waals surface area contributed by atoms with Crippen molar-refractivity contribution in [3.05, 3.63) is 53.9 Å². The number of pyridine rings is 1. The molecule has 0 spiro atoms. The molecule has 1 atom stereocenters. The average molecular weight is 360 g/mol. The fraction of sp³-hybridized carbons (Fsp3) is 0.188. The van der Waals surface area contributed by atoms with E-state index in [-0.39, 0.29) is 17.3 Å². The number of nitrogens with zero attached hydrogens (tertiary/aromatic N) is 2. The molecular formula is C16H16N4O4S. The third kappa shape index (κ3) is 3.83. The summed E-state index contributed by atoms with van der Waals surface area (Å²) in [6.07, 6.45) is 0.0217. The highest BCUT2D eigenvalue weighted by atomic mass is 32.2. The normalized spacial score (nSPS) is 13.0. The number of para-hydroxylation sites is 2. The summed E-state index contributed by atoms with van der Waals surface area (Å²) in [4.78, 5) is 21.9. The second-order valence-corrected chi connectivity index (χ2v) is 7.49. The van der Waals surface area contributed by atoms with Crippen LogP contribution in [0.4, 0.5) is 0 Å². The minimum Gasteiger partial charge on any atom is -0.480 e. The van der Waals surface area contributed by atoms with E-state index in [0.717, 1.165) is 0 Å². The number of nitrogens with one attached hydrogen (secondary N) is 1. The van der Waals surface area contributed by atoms with Gasteiger partial charge in [0, 0.05) is 12.1 Å². The van der Waals surface area contributed by atoms with Crippen molar-refractivity contribution in [2.24, 2.45) is 5.73 Å². The van der Waals surface area contributed by atoms with Gasteiger partial charge in [0.25, 0.3) is 0 Å². The van der Waals surface area contributed by atoms with Crippen molar-refractivity contribution in [2.45, 2.75) is 23.4 Å². The van der Waals surface area contributed by atoms with Gasteiger partial charge in [-0.25, -0.2) is 13.4 Å². The first kappa shape index (κ1) is 17.1. The molecule has 0 aliphatic heterocycles. The first-order valence-electron chi connectivity index (χ1n) is 7.46. The summed E-state index contributed by atoms with van der Waals surface area (Å²) in [5.41, 5.74) is 7.41. The Hall–Kier alpha value is -2.78. The summed E-state index contributed by atoms with van der Waals surface area (Å²) < 4.78 is 25.1. The largest absolute Gasteiger partial charge is 0.480 e. The van der Waals surface area contributed by atoms with Crippen LogP contribution in [0.3, 0.4) is 0 Å². The third-order valence-corrected chi connectivity index (χ3v) is 5.07. The van der Waals surface area contributed by atoms with Crippen molar-refractivity contribution < 1.29 is 18.3 Å². The van der Waals surface area contributed by atoms with Crippen molar-refractivity contribution >= 4 is 26.8 Å². The number of imidazole rings is 1. The average Bonchev–Trinajstić information content (AvgIpc) is 2.99. The number of carbonyl (C=O) groups is 1. The van der Waals surface area contributed by atoms with E-state index in [1.807, 2.05) is 0 Å². The van der Waals surface area contributed by atoms with Gasteiger partial charge in [0.1, 0.15) is 11.8 Å². The molecule has 2 aromatic heterocycles. The predicted molar refractivity (Wildman–Crippen MR) is 90.5 cm³/mol. The van der Waals surface area contributed by atoms with Crippen LogP contribution in [0.25, 0.3) is 11.0 Å². The Labute approximate surface area is 143 Å². The van der Waals surface area contributed by atoms with Crippen molar-refractivity contribution in [3.63, 3.8) is 0 Å². The molecule has 0 aliphatic rings. The molecule has 8 nitrogen and oxygen atoms in total. The highest BCUT2D eigenvalue weighted by molar-refractivity contribution is 7.90. The molecule has 25 heavy (non-hydrogen) atoms. The Kier molecular flexibility index (Phi) is 4.51. The summed E-state index contributed by atoms with van der Waals surface area (Å²) in [5, 5.41) is 8.73. The van der Waals surface area contributed by atoms with Crippen LogP contribution in [0.1, 0.15) is 11.4 Å². The Morgan fingerprint density at radius 3 is 2.56 bits per heavy atom. The number of nitrogens with two attached hydrogens (primary N) is 1. The van der Waals surface area contributed by atoms with Gasteiger partial charge < -0.3 is 15.8 Å². The first-order chi connectivity index (χ1) is 11.8. The highest BCUT2D eigenvalue weighted by Gasteiger charge is 2.21. The second kappa shape index (κ2) is 6.61. The number of sulfone groups is 1. The van der Waals surface area contributed by atoms with Gasteiger partial charge in [-0.2, -0.15) is 0 Å². The minimum atomic E-state index is -3.71. The molecular weight excluding hydrogens is 344 g/mol. The Morgan fingerprint density at radius 2 is 1.84 bits per heavy atom. The zero-order chi connectivity index (χ0) is 18.0. The summed E-state index contributed by atoms with van der Waals surface area (Å²) in [5.74, 6) is -1.48. The third-order valence-electron chi connectivity index (χ3n) is 3.61. The molecule has 9 heteroatoms. The zero-order valence-electron chi connectivity index (χ0n) is 13.1. The summed E-state index contributed by atoms with van der Waals surface area (Å²) >= 11 is 0. The smallest absolute Gasteiger partial charge is 0.320 e. The maximum atomic E-state index is 12.6. The number of rotatable bonds is 6. The molecule has 2 heterocycles. The molecule has 3 rings (SSSR count). The number of H-pyrrole nitrogens is 1. The zero-order valence-corrected chi connectivity index (χ0v) is 13.9. The van der Waals surface area contributed by atoms with Crippen LogP contribution >= 0.6 is 0 Å². The molecule has 0 aliphatic carbocycles. The van der Waals surface area contributed by atoms with Gasteiger partial charge in [-0.1, -0.05) is 18.2 Å².